The van der Waals surface area contributed by atoms with Crippen LogP contribution in [-0.2, 0) is 16.0 Å². The summed E-state index contributed by atoms with van der Waals surface area (Å²) in [5.41, 5.74) is 2.45. The summed E-state index contributed by atoms with van der Waals surface area (Å²) in [6, 6.07) is 7.58. The number of amides is 1. The van der Waals surface area contributed by atoms with Crippen molar-refractivity contribution in [2.75, 3.05) is 13.7 Å². The number of benzene rings is 1. The van der Waals surface area contributed by atoms with Crippen LogP contribution in [0.25, 0.3) is 5.65 Å². The number of esters is 1. The summed E-state index contributed by atoms with van der Waals surface area (Å²) in [5.74, 6) is -0.911. The first-order valence-corrected chi connectivity index (χ1v) is 12.2. The van der Waals surface area contributed by atoms with Crippen molar-refractivity contribution in [1.29, 1.82) is 0 Å². The van der Waals surface area contributed by atoms with Gasteiger partial charge in [-0.15, -0.1) is 0 Å². The number of ether oxygens (including phenoxy) is 2. The van der Waals surface area contributed by atoms with Gasteiger partial charge < -0.3 is 14.8 Å². The Kier molecular flexibility index (Phi) is 6.45. The summed E-state index contributed by atoms with van der Waals surface area (Å²) < 4.78 is 27.5. The highest BCUT2D eigenvalue weighted by Crippen LogP contribution is 2.39. The van der Waals surface area contributed by atoms with Gasteiger partial charge in [-0.1, -0.05) is 31.4 Å². The van der Waals surface area contributed by atoms with Crippen molar-refractivity contribution in [2.24, 2.45) is 11.8 Å². The maximum atomic E-state index is 14.8. The van der Waals surface area contributed by atoms with Crippen LogP contribution in [-0.4, -0.2) is 35.0 Å². The van der Waals surface area contributed by atoms with E-state index < -0.39 is 29.7 Å². The van der Waals surface area contributed by atoms with E-state index in [2.05, 4.69) is 10.3 Å². The number of carbonyl (C=O) groups excluding carboxylic acids is 2. The number of aromatic nitrogens is 2. The number of fused-ring (bicyclic) bond motifs is 2. The molecule has 2 heterocycles. The van der Waals surface area contributed by atoms with Gasteiger partial charge in [0.2, 0.25) is 0 Å². The van der Waals surface area contributed by atoms with E-state index in [1.54, 1.807) is 29.7 Å². The molecule has 35 heavy (non-hydrogen) atoms. The molecule has 7 nitrogen and oxygen atoms in total. The minimum Gasteiger partial charge on any atom is -0.489 e. The van der Waals surface area contributed by atoms with Crippen molar-refractivity contribution in [3.05, 3.63) is 64.9 Å². The molecule has 3 aromatic rings. The summed E-state index contributed by atoms with van der Waals surface area (Å²) in [4.78, 5) is 30.6. The first-order valence-electron chi connectivity index (χ1n) is 12.2. The fourth-order valence-electron chi connectivity index (χ4n) is 5.52. The van der Waals surface area contributed by atoms with Crippen molar-refractivity contribution in [1.82, 2.24) is 14.7 Å². The Morgan fingerprint density at radius 2 is 1.97 bits per heavy atom. The smallest absolute Gasteiger partial charge is 0.311 e. The molecule has 2 aliphatic carbocycles. The van der Waals surface area contributed by atoms with Crippen molar-refractivity contribution < 1.29 is 23.5 Å². The van der Waals surface area contributed by atoms with Crippen LogP contribution in [0.3, 0.4) is 0 Å². The normalized spacial score (nSPS) is 20.0. The lowest BCUT2D eigenvalue weighted by atomic mass is 9.90. The predicted octanol–water partition coefficient (Wildman–Crippen LogP) is 4.56. The largest absolute Gasteiger partial charge is 0.489 e. The van der Waals surface area contributed by atoms with Gasteiger partial charge in [-0.3, -0.25) is 14.0 Å². The van der Waals surface area contributed by atoms with Gasteiger partial charge in [0, 0.05) is 11.8 Å². The van der Waals surface area contributed by atoms with Crippen molar-refractivity contribution in [3.63, 3.8) is 0 Å². The molecule has 2 atom stereocenters. The van der Waals surface area contributed by atoms with Crippen LogP contribution in [0.5, 0.6) is 5.75 Å². The van der Waals surface area contributed by atoms with Crippen LogP contribution < -0.4 is 10.1 Å². The number of nitrogens with one attached hydrogen (secondary N) is 1. The number of nitrogens with zero attached hydrogens (tertiary/aromatic N) is 2. The van der Waals surface area contributed by atoms with Crippen LogP contribution in [0.15, 0.2) is 36.5 Å². The third kappa shape index (κ3) is 4.37. The lowest BCUT2D eigenvalue weighted by Crippen LogP contribution is -2.36. The molecule has 0 radical (unpaired) electrons. The van der Waals surface area contributed by atoms with E-state index in [1.165, 1.54) is 45.3 Å². The van der Waals surface area contributed by atoms with Crippen molar-refractivity contribution in [2.45, 2.75) is 51.5 Å². The second kappa shape index (κ2) is 9.68. The summed E-state index contributed by atoms with van der Waals surface area (Å²) in [6.07, 6.45) is 8.17. The van der Waals surface area contributed by atoms with Gasteiger partial charge >= 0.3 is 5.97 Å². The van der Waals surface area contributed by atoms with E-state index >= 15 is 0 Å². The number of pyridine rings is 1. The zero-order valence-electron chi connectivity index (χ0n) is 20.1. The highest BCUT2D eigenvalue weighted by atomic mass is 19.1. The molecule has 1 aromatic carbocycles. The minimum atomic E-state index is -0.832. The quantitative estimate of drug-likeness (QED) is 0.525. The van der Waals surface area contributed by atoms with E-state index in [9.17, 15) is 14.0 Å². The molecule has 1 saturated carbocycles. The molecule has 0 unspecified atom stereocenters. The molecule has 0 spiro atoms. The first kappa shape index (κ1) is 23.3. The molecule has 1 N–H and O–H groups in total. The Bertz CT molecular complexity index is 1260. The molecule has 1 fully saturated rings. The maximum absolute atomic E-state index is 14.8. The molecule has 5 rings (SSSR count). The lowest BCUT2D eigenvalue weighted by Gasteiger charge is -2.22. The van der Waals surface area contributed by atoms with Crippen LogP contribution in [0.1, 0.15) is 65.5 Å². The van der Waals surface area contributed by atoms with Gasteiger partial charge in [-0.25, -0.2) is 9.37 Å². The second-order valence-corrected chi connectivity index (χ2v) is 9.52. The number of methoxy groups -OCH3 is 1. The topological polar surface area (TPSA) is 81.9 Å². The van der Waals surface area contributed by atoms with Gasteiger partial charge in [-0.2, -0.15) is 0 Å². The minimum absolute atomic E-state index is 0.302. The summed E-state index contributed by atoms with van der Waals surface area (Å²) in [6.45, 7) is 2.39. The van der Waals surface area contributed by atoms with E-state index in [1.807, 2.05) is 12.1 Å². The summed E-state index contributed by atoms with van der Waals surface area (Å²) in [5, 5.41) is 2.90. The molecule has 0 bridgehead atoms. The number of hydrogen-bond acceptors (Lipinski definition) is 5. The average Bonchev–Trinajstić information content (AvgIpc) is 3.41. The molecule has 184 valence electrons. The Morgan fingerprint density at radius 1 is 1.17 bits per heavy atom. The third-order valence-corrected chi connectivity index (χ3v) is 7.29. The first-order chi connectivity index (χ1) is 17.0. The third-order valence-electron chi connectivity index (χ3n) is 7.29. The molecule has 0 aliphatic heterocycles. The predicted molar refractivity (Wildman–Crippen MR) is 128 cm³/mol. The SMILES string of the molecule is COC(=O)[C@@H]1Cc2cccc(F)c2[C@@H]1NC(=O)c1c(C)nc2c(OCC3CCCCC3)cccn12. The fourth-order valence-corrected chi connectivity index (χ4v) is 5.52. The fraction of sp³-hybridized carbons (Fsp3) is 0.444. The van der Waals surface area contributed by atoms with Gasteiger partial charge in [0.05, 0.1) is 31.4 Å². The van der Waals surface area contributed by atoms with Crippen LogP contribution in [0.4, 0.5) is 4.39 Å². The molecule has 1 amide bonds. The number of imidazole rings is 1. The van der Waals surface area contributed by atoms with Crippen LogP contribution in [0.2, 0.25) is 0 Å². The average molecular weight is 480 g/mol. The van der Waals surface area contributed by atoms with E-state index in [-0.39, 0.29) is 0 Å². The van der Waals surface area contributed by atoms with Gasteiger partial charge in [0.1, 0.15) is 11.5 Å². The molecule has 8 heteroatoms. The van der Waals surface area contributed by atoms with Gasteiger partial charge in [0.25, 0.3) is 5.91 Å². The van der Waals surface area contributed by atoms with Crippen LogP contribution >= 0.6 is 0 Å². The molecule has 0 saturated heterocycles. The standard InChI is InChI=1S/C27H30FN3O4/c1-16-24(31-13-7-12-21(25(31)29-16)35-15-17-8-4-3-5-9-17)26(32)30-23-19(27(33)34-2)14-18-10-6-11-20(28)22(18)23/h6-7,10-13,17,19,23H,3-5,8-9,14-15H2,1-2H3,(H,30,32)/t19-,23-/m1/s1. The van der Waals surface area contributed by atoms with Crippen molar-refractivity contribution in [3.8, 4) is 5.75 Å². The molecule has 2 aliphatic rings. The zero-order chi connectivity index (χ0) is 24.5. The van der Waals surface area contributed by atoms with Crippen LogP contribution in [0, 0.1) is 24.6 Å². The highest BCUT2D eigenvalue weighted by Gasteiger charge is 2.41. The van der Waals surface area contributed by atoms with E-state index in [4.69, 9.17) is 9.47 Å². The maximum Gasteiger partial charge on any atom is 0.311 e. The summed E-state index contributed by atoms with van der Waals surface area (Å²) >= 11 is 0. The molecule has 2 aromatic heterocycles. The van der Waals surface area contributed by atoms with E-state index in [0.29, 0.717) is 52.9 Å². The molecular weight excluding hydrogens is 449 g/mol. The Balaban J connectivity index is 1.43. The van der Waals surface area contributed by atoms with Gasteiger partial charge in [0.15, 0.2) is 11.4 Å². The summed E-state index contributed by atoms with van der Waals surface area (Å²) in [7, 11) is 1.30. The monoisotopic (exact) mass is 479 g/mol. The second-order valence-electron chi connectivity index (χ2n) is 9.52. The van der Waals surface area contributed by atoms with E-state index in [0.717, 1.165) is 0 Å². The molecular formula is C27H30FN3O4. The highest BCUT2D eigenvalue weighted by molar-refractivity contribution is 5.95. The van der Waals surface area contributed by atoms with Crippen molar-refractivity contribution >= 4 is 17.5 Å². The lowest BCUT2D eigenvalue weighted by molar-refractivity contribution is -0.146. The number of hydrogen-bond donors (Lipinski definition) is 1. The zero-order valence-corrected chi connectivity index (χ0v) is 20.1. The Labute approximate surface area is 203 Å². The Morgan fingerprint density at radius 3 is 2.74 bits per heavy atom. The number of aryl methyl sites for hydroxylation is 1. The van der Waals surface area contributed by atoms with Gasteiger partial charge in [-0.05, 0) is 55.9 Å². The Hall–Kier alpha value is -3.42. The number of halogens is 1. The number of carbonyl (C=O) groups is 2. The number of rotatable bonds is 6.